The first-order valence-corrected chi connectivity index (χ1v) is 7.30. The summed E-state index contributed by atoms with van der Waals surface area (Å²) >= 11 is 0. The molecule has 0 spiro atoms. The van der Waals surface area contributed by atoms with Crippen LogP contribution in [0.5, 0.6) is 11.5 Å². The number of hydrogen-bond acceptors (Lipinski definition) is 3. The lowest BCUT2D eigenvalue weighted by Crippen LogP contribution is -1.95. The number of allylic oxidation sites excluding steroid dienone is 4. The van der Waals surface area contributed by atoms with Crippen LogP contribution in [0, 0.1) is 6.92 Å². The Morgan fingerprint density at radius 1 is 1.10 bits per heavy atom. The number of rotatable bonds is 6. The van der Waals surface area contributed by atoms with E-state index in [-0.39, 0.29) is 18.1 Å². The summed E-state index contributed by atoms with van der Waals surface area (Å²) in [5.41, 5.74) is 4.19. The van der Waals surface area contributed by atoms with E-state index >= 15 is 0 Å². The van der Waals surface area contributed by atoms with Gasteiger partial charge in [-0.2, -0.15) is 0 Å². The second-order valence-corrected chi connectivity index (χ2v) is 5.75. The standard InChI is InChI=1S/C18H26O3/c1-12(2)6-5-7-13(3)8-9-15-17(20)10-14(4)16(11-19)18(15)21/h6,8,10,19-21H,5,7,9,11H2,1-4H3/b13-8+. The van der Waals surface area contributed by atoms with Crippen molar-refractivity contribution < 1.29 is 15.3 Å². The lowest BCUT2D eigenvalue weighted by atomic mass is 9.99. The second kappa shape index (κ2) is 7.89. The van der Waals surface area contributed by atoms with Gasteiger partial charge in [0.05, 0.1) is 6.61 Å². The molecule has 21 heavy (non-hydrogen) atoms. The van der Waals surface area contributed by atoms with E-state index in [1.54, 1.807) is 13.0 Å². The molecule has 1 aromatic rings. The minimum Gasteiger partial charge on any atom is -0.508 e. The van der Waals surface area contributed by atoms with Crippen molar-refractivity contribution in [3.8, 4) is 11.5 Å². The fourth-order valence-electron chi connectivity index (χ4n) is 2.24. The highest BCUT2D eigenvalue weighted by atomic mass is 16.3. The molecular weight excluding hydrogens is 264 g/mol. The Bertz CT molecular complexity index is 550. The van der Waals surface area contributed by atoms with Gasteiger partial charge in [-0.3, -0.25) is 0 Å². The molecule has 0 saturated heterocycles. The van der Waals surface area contributed by atoms with E-state index in [9.17, 15) is 15.3 Å². The van der Waals surface area contributed by atoms with E-state index in [1.807, 2.05) is 13.0 Å². The molecule has 0 unspecified atom stereocenters. The van der Waals surface area contributed by atoms with Crippen LogP contribution in [0.15, 0.2) is 29.4 Å². The van der Waals surface area contributed by atoms with Gasteiger partial charge >= 0.3 is 0 Å². The number of hydrogen-bond donors (Lipinski definition) is 3. The van der Waals surface area contributed by atoms with Gasteiger partial charge in [0.15, 0.2) is 0 Å². The Morgan fingerprint density at radius 2 is 1.76 bits per heavy atom. The number of phenols is 2. The zero-order chi connectivity index (χ0) is 16.0. The van der Waals surface area contributed by atoms with Gasteiger partial charge in [0.2, 0.25) is 0 Å². The van der Waals surface area contributed by atoms with E-state index in [2.05, 4.69) is 19.9 Å². The van der Waals surface area contributed by atoms with Crippen molar-refractivity contribution in [1.82, 2.24) is 0 Å². The van der Waals surface area contributed by atoms with Crippen LogP contribution < -0.4 is 0 Å². The maximum absolute atomic E-state index is 10.2. The SMILES string of the molecule is CC(C)=CCC/C(C)=C/Cc1c(O)cc(C)c(CO)c1O. The molecule has 116 valence electrons. The highest BCUT2D eigenvalue weighted by Gasteiger charge is 2.13. The van der Waals surface area contributed by atoms with Gasteiger partial charge in [0.25, 0.3) is 0 Å². The number of aliphatic hydroxyl groups is 1. The Morgan fingerprint density at radius 3 is 2.33 bits per heavy atom. The van der Waals surface area contributed by atoms with Crippen molar-refractivity contribution >= 4 is 0 Å². The number of benzene rings is 1. The van der Waals surface area contributed by atoms with Crippen LogP contribution in [0.2, 0.25) is 0 Å². The zero-order valence-corrected chi connectivity index (χ0v) is 13.4. The fraction of sp³-hybridized carbons (Fsp3) is 0.444. The van der Waals surface area contributed by atoms with E-state index in [1.165, 1.54) is 11.1 Å². The molecule has 0 aliphatic rings. The summed E-state index contributed by atoms with van der Waals surface area (Å²) in [6, 6.07) is 1.59. The molecule has 1 rings (SSSR count). The van der Waals surface area contributed by atoms with Crippen LogP contribution >= 0.6 is 0 Å². The summed E-state index contributed by atoms with van der Waals surface area (Å²) in [5.74, 6) is 0.0823. The number of aromatic hydroxyl groups is 2. The largest absolute Gasteiger partial charge is 0.508 e. The van der Waals surface area contributed by atoms with Crippen molar-refractivity contribution in [2.75, 3.05) is 0 Å². The van der Waals surface area contributed by atoms with Gasteiger partial charge in [0, 0.05) is 11.1 Å². The Kier molecular flexibility index (Phi) is 6.50. The summed E-state index contributed by atoms with van der Waals surface area (Å²) in [5, 5.41) is 29.4. The Hall–Kier alpha value is -1.74. The quantitative estimate of drug-likeness (QED) is 0.690. The summed E-state index contributed by atoms with van der Waals surface area (Å²) in [7, 11) is 0. The van der Waals surface area contributed by atoms with Gasteiger partial charge in [-0.1, -0.05) is 23.3 Å². The molecule has 0 atom stereocenters. The van der Waals surface area contributed by atoms with Crippen LogP contribution in [0.4, 0.5) is 0 Å². The lowest BCUT2D eigenvalue weighted by molar-refractivity contribution is 0.274. The van der Waals surface area contributed by atoms with Crippen LogP contribution in [-0.2, 0) is 13.0 Å². The fourth-order valence-corrected chi connectivity index (χ4v) is 2.24. The molecule has 3 nitrogen and oxygen atoms in total. The van der Waals surface area contributed by atoms with Crippen LogP contribution in [0.3, 0.4) is 0 Å². The molecular formula is C18H26O3. The molecule has 3 N–H and O–H groups in total. The topological polar surface area (TPSA) is 60.7 Å². The van der Waals surface area contributed by atoms with Crippen molar-refractivity contribution in [3.63, 3.8) is 0 Å². The van der Waals surface area contributed by atoms with Crippen molar-refractivity contribution in [1.29, 1.82) is 0 Å². The van der Waals surface area contributed by atoms with Crippen molar-refractivity contribution in [3.05, 3.63) is 46.1 Å². The van der Waals surface area contributed by atoms with Crippen molar-refractivity contribution in [2.45, 2.75) is 53.6 Å². The predicted octanol–water partition coefficient (Wildman–Crippen LogP) is 4.13. The Balaban J connectivity index is 2.86. The second-order valence-electron chi connectivity index (χ2n) is 5.75. The highest BCUT2D eigenvalue weighted by Crippen LogP contribution is 2.34. The molecule has 0 aliphatic heterocycles. The van der Waals surface area contributed by atoms with Crippen molar-refractivity contribution in [2.24, 2.45) is 0 Å². The Labute approximate surface area is 127 Å². The van der Waals surface area contributed by atoms with Crippen LogP contribution in [-0.4, -0.2) is 15.3 Å². The van der Waals surface area contributed by atoms with Gasteiger partial charge in [0.1, 0.15) is 11.5 Å². The van der Waals surface area contributed by atoms with Crippen LogP contribution in [0.1, 0.15) is 50.3 Å². The first-order valence-electron chi connectivity index (χ1n) is 7.30. The van der Waals surface area contributed by atoms with Gasteiger partial charge < -0.3 is 15.3 Å². The van der Waals surface area contributed by atoms with Crippen LogP contribution in [0.25, 0.3) is 0 Å². The van der Waals surface area contributed by atoms with E-state index in [0.29, 0.717) is 23.1 Å². The first kappa shape index (κ1) is 17.3. The number of aryl methyl sites for hydroxylation is 1. The number of phenolic OH excluding ortho intramolecular Hbond substituents is 1. The minimum absolute atomic E-state index is 0.00310. The van der Waals surface area contributed by atoms with Gasteiger partial charge in [-0.05, 0) is 58.6 Å². The summed E-state index contributed by atoms with van der Waals surface area (Å²) in [4.78, 5) is 0. The molecule has 0 fully saturated rings. The average Bonchev–Trinajstić information content (AvgIpc) is 2.38. The smallest absolute Gasteiger partial charge is 0.128 e. The molecule has 0 heterocycles. The first-order chi connectivity index (χ1) is 9.86. The normalized spacial score (nSPS) is 11.6. The molecule has 0 amide bonds. The molecule has 3 heteroatoms. The molecule has 0 aromatic heterocycles. The predicted molar refractivity (Wildman–Crippen MR) is 86.6 cm³/mol. The monoisotopic (exact) mass is 290 g/mol. The molecule has 0 bridgehead atoms. The van der Waals surface area contributed by atoms with E-state index < -0.39 is 0 Å². The average molecular weight is 290 g/mol. The van der Waals surface area contributed by atoms with Gasteiger partial charge in [-0.25, -0.2) is 0 Å². The van der Waals surface area contributed by atoms with Gasteiger partial charge in [-0.15, -0.1) is 0 Å². The molecule has 1 aromatic carbocycles. The van der Waals surface area contributed by atoms with E-state index in [4.69, 9.17) is 0 Å². The molecule has 0 aliphatic carbocycles. The zero-order valence-electron chi connectivity index (χ0n) is 13.4. The third kappa shape index (κ3) is 4.94. The third-order valence-corrected chi connectivity index (χ3v) is 3.61. The summed E-state index contributed by atoms with van der Waals surface area (Å²) in [6.07, 6.45) is 6.64. The number of aliphatic hydroxyl groups excluding tert-OH is 1. The minimum atomic E-state index is -0.228. The molecule has 0 radical (unpaired) electrons. The maximum atomic E-state index is 10.2. The summed E-state index contributed by atoms with van der Waals surface area (Å²) < 4.78 is 0. The highest BCUT2D eigenvalue weighted by molar-refractivity contribution is 5.53. The maximum Gasteiger partial charge on any atom is 0.128 e. The van der Waals surface area contributed by atoms with E-state index in [0.717, 1.165) is 12.8 Å². The molecule has 0 saturated carbocycles. The summed E-state index contributed by atoms with van der Waals surface area (Å²) in [6.45, 7) is 7.74. The lowest BCUT2D eigenvalue weighted by Gasteiger charge is -2.12. The third-order valence-electron chi connectivity index (χ3n) is 3.61.